The van der Waals surface area contributed by atoms with Gasteiger partial charge in [-0.25, -0.2) is 0 Å². The van der Waals surface area contributed by atoms with Crippen LogP contribution >= 0.6 is 11.6 Å². The number of rotatable bonds is 6. The first-order valence-corrected chi connectivity index (χ1v) is 8.69. The Morgan fingerprint density at radius 1 is 1.27 bits per heavy atom. The summed E-state index contributed by atoms with van der Waals surface area (Å²) in [6.45, 7) is 5.63. The van der Waals surface area contributed by atoms with Crippen LogP contribution in [0.2, 0.25) is 5.28 Å². The minimum atomic E-state index is -1.09. The first kappa shape index (κ1) is 18.6. The summed E-state index contributed by atoms with van der Waals surface area (Å²) < 4.78 is 1.41. The summed E-state index contributed by atoms with van der Waals surface area (Å²) >= 11 is 5.94. The zero-order valence-corrected chi connectivity index (χ0v) is 15.2. The van der Waals surface area contributed by atoms with Crippen LogP contribution in [0.25, 0.3) is 0 Å². The normalized spacial score (nSPS) is 17.9. The van der Waals surface area contributed by atoms with Gasteiger partial charge in [0.15, 0.2) is 0 Å². The second kappa shape index (κ2) is 7.56. The molecule has 2 aromatic heterocycles. The summed E-state index contributed by atoms with van der Waals surface area (Å²) in [5.74, 6) is -0.322. The van der Waals surface area contributed by atoms with Crippen LogP contribution in [0, 0.1) is 10.1 Å². The first-order chi connectivity index (χ1) is 12.3. The summed E-state index contributed by atoms with van der Waals surface area (Å²) in [6.07, 6.45) is 4.80. The fraction of sp³-hybridized carbons (Fsp3) is 0.500. The molecule has 0 saturated carbocycles. The van der Waals surface area contributed by atoms with Crippen LogP contribution in [0.3, 0.4) is 0 Å². The number of halogens is 1. The topological polar surface area (TPSA) is 101 Å². The Labute approximate surface area is 156 Å². The van der Waals surface area contributed by atoms with Crippen LogP contribution in [-0.4, -0.2) is 67.8 Å². The van der Waals surface area contributed by atoms with E-state index in [9.17, 15) is 15.2 Å². The monoisotopic (exact) mass is 380 g/mol. The molecular weight excluding hydrogens is 360 g/mol. The van der Waals surface area contributed by atoms with Crippen LogP contribution in [0.4, 0.5) is 11.5 Å². The molecule has 26 heavy (non-hydrogen) atoms. The lowest BCUT2D eigenvalue weighted by molar-refractivity contribution is -0.389. The number of anilines is 1. The molecule has 1 N–H and O–H groups in total. The Morgan fingerprint density at radius 3 is 2.50 bits per heavy atom. The quantitative estimate of drug-likeness (QED) is 0.597. The molecule has 0 radical (unpaired) electrons. The van der Waals surface area contributed by atoms with E-state index >= 15 is 0 Å². The number of nitrogens with zero attached hydrogens (tertiary/aromatic N) is 6. The summed E-state index contributed by atoms with van der Waals surface area (Å²) in [4.78, 5) is 22.4. The van der Waals surface area contributed by atoms with Crippen LogP contribution in [0.15, 0.2) is 30.7 Å². The van der Waals surface area contributed by atoms with E-state index in [0.29, 0.717) is 6.54 Å². The molecular formula is C16H21ClN6O3. The lowest BCUT2D eigenvalue weighted by atomic mass is 10.1. The second-order valence-electron chi connectivity index (χ2n) is 6.72. The molecule has 1 fully saturated rings. The van der Waals surface area contributed by atoms with Crippen molar-refractivity contribution in [1.29, 1.82) is 0 Å². The largest absolute Gasteiger partial charge is 0.387 e. The summed E-state index contributed by atoms with van der Waals surface area (Å²) in [5, 5.41) is 21.5. The smallest absolute Gasteiger partial charge is 0.383 e. The highest BCUT2D eigenvalue weighted by molar-refractivity contribution is 6.28. The molecule has 3 heterocycles. The summed E-state index contributed by atoms with van der Waals surface area (Å²) in [5.41, 5.74) is 0.0563. The van der Waals surface area contributed by atoms with Gasteiger partial charge >= 0.3 is 11.1 Å². The SMILES string of the molecule is CC(O)(CN1CCN(c2ccncc2)CC1)Cn1cc([N+](=O)[O-])nc1Cl. The molecule has 1 aliphatic rings. The maximum Gasteiger partial charge on any atom is 0.383 e. The van der Waals surface area contributed by atoms with E-state index in [-0.39, 0.29) is 17.6 Å². The second-order valence-corrected chi connectivity index (χ2v) is 7.06. The van der Waals surface area contributed by atoms with E-state index in [0.717, 1.165) is 31.9 Å². The van der Waals surface area contributed by atoms with E-state index in [4.69, 9.17) is 11.6 Å². The number of pyridine rings is 1. The van der Waals surface area contributed by atoms with Gasteiger partial charge < -0.3 is 20.1 Å². The van der Waals surface area contributed by atoms with Crippen LogP contribution < -0.4 is 4.90 Å². The molecule has 1 saturated heterocycles. The van der Waals surface area contributed by atoms with Gasteiger partial charge in [0.2, 0.25) is 0 Å². The van der Waals surface area contributed by atoms with E-state index in [1.54, 1.807) is 19.3 Å². The number of hydrogen-bond donors (Lipinski definition) is 1. The third-order valence-corrected chi connectivity index (χ3v) is 4.68. The maximum absolute atomic E-state index is 10.8. The predicted octanol–water partition coefficient (Wildman–Crippen LogP) is 1.41. The van der Waals surface area contributed by atoms with Crippen LogP contribution in [0.5, 0.6) is 0 Å². The molecule has 0 amide bonds. The maximum atomic E-state index is 10.8. The average Bonchev–Trinajstić information content (AvgIpc) is 2.96. The van der Waals surface area contributed by atoms with E-state index in [1.807, 2.05) is 12.1 Å². The predicted molar refractivity (Wildman–Crippen MR) is 97.4 cm³/mol. The molecule has 0 spiro atoms. The number of aromatic nitrogens is 3. The molecule has 140 valence electrons. The highest BCUT2D eigenvalue weighted by Gasteiger charge is 2.29. The van der Waals surface area contributed by atoms with Gasteiger partial charge in [-0.2, -0.15) is 0 Å². The van der Waals surface area contributed by atoms with Gasteiger partial charge in [-0.1, -0.05) is 0 Å². The third kappa shape index (κ3) is 4.48. The molecule has 2 aromatic rings. The number of nitro groups is 1. The van der Waals surface area contributed by atoms with Gasteiger partial charge in [-0.15, -0.1) is 0 Å². The average molecular weight is 381 g/mol. The molecule has 0 aromatic carbocycles. The molecule has 1 unspecified atom stereocenters. The fourth-order valence-electron chi connectivity index (χ4n) is 3.20. The molecule has 0 bridgehead atoms. The van der Waals surface area contributed by atoms with Crippen molar-refractivity contribution in [2.24, 2.45) is 0 Å². The van der Waals surface area contributed by atoms with E-state index in [2.05, 4.69) is 19.8 Å². The minimum absolute atomic E-state index is 0.000480. The van der Waals surface area contributed by atoms with Gasteiger partial charge in [-0.3, -0.25) is 14.5 Å². The molecule has 0 aliphatic carbocycles. The van der Waals surface area contributed by atoms with Crippen molar-refractivity contribution in [3.05, 3.63) is 46.1 Å². The lowest BCUT2D eigenvalue weighted by Crippen LogP contribution is -2.52. The van der Waals surface area contributed by atoms with Crippen molar-refractivity contribution >= 4 is 23.1 Å². The number of aliphatic hydroxyl groups is 1. The Morgan fingerprint density at radius 2 is 1.92 bits per heavy atom. The van der Waals surface area contributed by atoms with Crippen molar-refractivity contribution in [1.82, 2.24) is 19.4 Å². The first-order valence-electron chi connectivity index (χ1n) is 8.31. The Hall–Kier alpha value is -2.23. The van der Waals surface area contributed by atoms with Crippen molar-refractivity contribution < 1.29 is 10.0 Å². The molecule has 1 atom stereocenters. The zero-order chi connectivity index (χ0) is 18.7. The van der Waals surface area contributed by atoms with Gasteiger partial charge in [-0.05, 0) is 40.6 Å². The van der Waals surface area contributed by atoms with Crippen molar-refractivity contribution in [2.45, 2.75) is 19.1 Å². The Bertz CT molecular complexity index is 759. The van der Waals surface area contributed by atoms with E-state index in [1.165, 1.54) is 10.8 Å². The highest BCUT2D eigenvalue weighted by atomic mass is 35.5. The van der Waals surface area contributed by atoms with Gasteiger partial charge in [0, 0.05) is 50.8 Å². The number of imidazole rings is 1. The molecule has 10 heteroatoms. The molecule has 3 rings (SSSR count). The van der Waals surface area contributed by atoms with E-state index < -0.39 is 10.5 Å². The summed E-state index contributed by atoms with van der Waals surface area (Å²) in [7, 11) is 0. The summed E-state index contributed by atoms with van der Waals surface area (Å²) in [6, 6.07) is 3.97. The van der Waals surface area contributed by atoms with Crippen LogP contribution in [0.1, 0.15) is 6.92 Å². The molecule has 9 nitrogen and oxygen atoms in total. The standard InChI is InChI=1S/C16H21ClN6O3/c1-16(24,12-22-10-14(23(25)26)19-15(22)17)11-20-6-8-21(9-7-20)13-2-4-18-5-3-13/h2-5,10,24H,6-9,11-12H2,1H3. The van der Waals surface area contributed by atoms with Gasteiger partial charge in [0.1, 0.15) is 6.20 Å². The van der Waals surface area contributed by atoms with Crippen molar-refractivity contribution in [3.8, 4) is 0 Å². The van der Waals surface area contributed by atoms with Crippen molar-refractivity contribution in [3.63, 3.8) is 0 Å². The highest BCUT2D eigenvalue weighted by Crippen LogP contribution is 2.21. The Kier molecular flexibility index (Phi) is 5.40. The number of hydrogen-bond acceptors (Lipinski definition) is 7. The molecule has 1 aliphatic heterocycles. The Balaban J connectivity index is 1.56. The zero-order valence-electron chi connectivity index (χ0n) is 14.5. The number of piperazine rings is 1. The fourth-order valence-corrected chi connectivity index (χ4v) is 3.39. The third-order valence-electron chi connectivity index (χ3n) is 4.38. The number of β-amino-alcohol motifs (C(OH)–C–C–N with tert-alkyl or cyclic N) is 1. The van der Waals surface area contributed by atoms with Gasteiger partial charge in [0.25, 0.3) is 0 Å². The van der Waals surface area contributed by atoms with Gasteiger partial charge in [0.05, 0.1) is 12.1 Å². The minimum Gasteiger partial charge on any atom is -0.387 e. The van der Waals surface area contributed by atoms with Crippen molar-refractivity contribution in [2.75, 3.05) is 37.6 Å². The lowest BCUT2D eigenvalue weighted by Gasteiger charge is -2.39. The van der Waals surface area contributed by atoms with Crippen LogP contribution in [-0.2, 0) is 6.54 Å².